The van der Waals surface area contributed by atoms with Crippen LogP contribution in [0.2, 0.25) is 0 Å². The molecular formula is C21H28N2O3. The summed E-state index contributed by atoms with van der Waals surface area (Å²) >= 11 is 0. The third-order valence-electron chi connectivity index (χ3n) is 6.38. The molecule has 140 valence electrons. The van der Waals surface area contributed by atoms with Crippen LogP contribution < -0.4 is 5.32 Å². The van der Waals surface area contributed by atoms with Gasteiger partial charge < -0.3 is 10.1 Å². The fraction of sp³-hybridized carbons (Fsp3) is 0.619. The Morgan fingerprint density at radius 1 is 1.12 bits per heavy atom. The van der Waals surface area contributed by atoms with Gasteiger partial charge in [0, 0.05) is 38.6 Å². The number of carbonyl (C=O) groups excluding carboxylic acids is 2. The molecule has 5 heteroatoms. The van der Waals surface area contributed by atoms with E-state index in [1.165, 1.54) is 6.42 Å². The summed E-state index contributed by atoms with van der Waals surface area (Å²) in [6.45, 7) is 2.78. The zero-order chi connectivity index (χ0) is 17.9. The number of piperidine rings is 1. The van der Waals surface area contributed by atoms with Gasteiger partial charge in [0.05, 0.1) is 5.92 Å². The van der Waals surface area contributed by atoms with Crippen molar-refractivity contribution in [1.29, 1.82) is 0 Å². The normalized spacial score (nSPS) is 31.3. The van der Waals surface area contributed by atoms with Crippen molar-refractivity contribution in [3.63, 3.8) is 0 Å². The largest absolute Gasteiger partial charge is 0.461 e. The first-order valence-corrected chi connectivity index (χ1v) is 9.88. The van der Waals surface area contributed by atoms with Crippen LogP contribution in [0.3, 0.4) is 0 Å². The van der Waals surface area contributed by atoms with Crippen molar-refractivity contribution in [1.82, 2.24) is 10.2 Å². The zero-order valence-corrected chi connectivity index (χ0v) is 15.2. The second-order valence-electron chi connectivity index (χ2n) is 8.00. The van der Waals surface area contributed by atoms with Crippen LogP contribution in [0.4, 0.5) is 0 Å². The minimum absolute atomic E-state index is 0.0242. The first kappa shape index (κ1) is 17.7. The van der Waals surface area contributed by atoms with E-state index in [0.717, 1.165) is 38.2 Å². The summed E-state index contributed by atoms with van der Waals surface area (Å²) in [4.78, 5) is 26.5. The number of ether oxygens (including phenoxy) is 1. The molecule has 0 spiro atoms. The molecule has 1 aliphatic heterocycles. The highest BCUT2D eigenvalue weighted by atomic mass is 16.5. The smallest absolute Gasteiger partial charge is 0.311 e. The van der Waals surface area contributed by atoms with E-state index in [9.17, 15) is 9.59 Å². The number of hydrogen-bond donors (Lipinski definition) is 1. The van der Waals surface area contributed by atoms with Crippen molar-refractivity contribution in [3.8, 4) is 0 Å². The van der Waals surface area contributed by atoms with Gasteiger partial charge in [0.1, 0.15) is 12.4 Å². The van der Waals surface area contributed by atoms with Crippen molar-refractivity contribution in [2.24, 2.45) is 17.8 Å². The monoisotopic (exact) mass is 356 g/mol. The van der Waals surface area contributed by atoms with Crippen LogP contribution in [0, 0.1) is 17.8 Å². The van der Waals surface area contributed by atoms with Crippen LogP contribution in [0.15, 0.2) is 30.3 Å². The summed E-state index contributed by atoms with van der Waals surface area (Å²) in [5.41, 5.74) is 1.03. The molecule has 1 heterocycles. The van der Waals surface area contributed by atoms with E-state index in [1.807, 2.05) is 30.3 Å². The highest BCUT2D eigenvalue weighted by molar-refractivity contribution is 5.79. The van der Waals surface area contributed by atoms with Crippen molar-refractivity contribution in [2.45, 2.75) is 44.8 Å². The van der Waals surface area contributed by atoms with Crippen molar-refractivity contribution < 1.29 is 14.3 Å². The Kier molecular flexibility index (Phi) is 5.36. The van der Waals surface area contributed by atoms with E-state index in [-0.39, 0.29) is 17.9 Å². The maximum absolute atomic E-state index is 12.8. The molecule has 3 fully saturated rings. The molecule has 1 saturated heterocycles. The molecule has 2 bridgehead atoms. The molecule has 0 aromatic heterocycles. The molecule has 3 aliphatic rings. The summed E-state index contributed by atoms with van der Waals surface area (Å²) < 4.78 is 5.66. The molecule has 2 aliphatic carbocycles. The minimum atomic E-state index is -0.0487. The lowest BCUT2D eigenvalue weighted by Gasteiger charge is -2.33. The quantitative estimate of drug-likeness (QED) is 0.793. The number of ketones is 1. The third-order valence-corrected chi connectivity index (χ3v) is 6.38. The average molecular weight is 356 g/mol. The van der Waals surface area contributed by atoms with Gasteiger partial charge in [0.2, 0.25) is 0 Å². The number of benzene rings is 1. The first-order chi connectivity index (χ1) is 12.7. The summed E-state index contributed by atoms with van der Waals surface area (Å²) in [5, 5.41) is 3.64. The molecular weight excluding hydrogens is 328 g/mol. The van der Waals surface area contributed by atoms with E-state index in [0.29, 0.717) is 37.1 Å². The number of Topliss-reactive ketones (excluding diaryl/α,β-unsaturated/α-hetero) is 1. The van der Waals surface area contributed by atoms with E-state index in [2.05, 4.69) is 10.2 Å². The van der Waals surface area contributed by atoms with Gasteiger partial charge in [-0.3, -0.25) is 14.5 Å². The molecule has 4 rings (SSSR count). The van der Waals surface area contributed by atoms with Gasteiger partial charge >= 0.3 is 5.97 Å². The van der Waals surface area contributed by atoms with Crippen LogP contribution in [-0.2, 0) is 20.9 Å². The second kappa shape index (κ2) is 7.89. The van der Waals surface area contributed by atoms with Gasteiger partial charge in [-0.15, -0.1) is 0 Å². The first-order valence-electron chi connectivity index (χ1n) is 9.88. The molecule has 5 nitrogen and oxygen atoms in total. The summed E-state index contributed by atoms with van der Waals surface area (Å²) in [6, 6.07) is 10.1. The number of nitrogens with one attached hydrogen (secondary N) is 1. The average Bonchev–Trinajstić information content (AvgIpc) is 3.28. The predicted molar refractivity (Wildman–Crippen MR) is 98.2 cm³/mol. The van der Waals surface area contributed by atoms with Gasteiger partial charge in [-0.2, -0.15) is 0 Å². The number of rotatable bonds is 6. The molecule has 1 aromatic rings. The predicted octanol–water partition coefficient (Wildman–Crippen LogP) is 2.36. The molecule has 1 aromatic carbocycles. The van der Waals surface area contributed by atoms with Crippen LogP contribution in [-0.4, -0.2) is 42.5 Å². The van der Waals surface area contributed by atoms with Crippen LogP contribution in [0.25, 0.3) is 0 Å². The molecule has 1 N–H and O–H groups in total. The van der Waals surface area contributed by atoms with E-state index in [1.54, 1.807) is 0 Å². The topological polar surface area (TPSA) is 58.6 Å². The maximum Gasteiger partial charge on any atom is 0.311 e. The molecule has 0 unspecified atom stereocenters. The van der Waals surface area contributed by atoms with Gasteiger partial charge in [0.15, 0.2) is 0 Å². The number of esters is 1. The Bertz CT molecular complexity index is 638. The van der Waals surface area contributed by atoms with Crippen LogP contribution in [0.5, 0.6) is 0 Å². The van der Waals surface area contributed by atoms with Gasteiger partial charge in [-0.05, 0) is 36.7 Å². The number of fused-ring (bicyclic) bond motifs is 2. The Balaban J connectivity index is 1.33. The lowest BCUT2D eigenvalue weighted by molar-refractivity contribution is -0.152. The number of likely N-dealkylation sites (tertiary alicyclic amines) is 1. The van der Waals surface area contributed by atoms with Crippen molar-refractivity contribution >= 4 is 11.8 Å². The number of hydrogen-bond acceptors (Lipinski definition) is 5. The summed E-state index contributed by atoms with van der Waals surface area (Å²) in [5.74, 6) is 1.34. The molecule has 26 heavy (non-hydrogen) atoms. The lowest BCUT2D eigenvalue weighted by atomic mass is 9.84. The number of nitrogens with zero attached hydrogens (tertiary/aromatic N) is 1. The van der Waals surface area contributed by atoms with Crippen molar-refractivity contribution in [2.75, 3.05) is 19.8 Å². The van der Waals surface area contributed by atoms with Gasteiger partial charge in [-0.25, -0.2) is 0 Å². The second-order valence-corrected chi connectivity index (χ2v) is 8.00. The van der Waals surface area contributed by atoms with E-state index >= 15 is 0 Å². The lowest BCUT2D eigenvalue weighted by Crippen LogP contribution is -2.50. The molecule has 2 saturated carbocycles. The van der Waals surface area contributed by atoms with Crippen LogP contribution >= 0.6 is 0 Å². The Morgan fingerprint density at radius 3 is 2.62 bits per heavy atom. The summed E-state index contributed by atoms with van der Waals surface area (Å²) in [7, 11) is 0. The molecule has 0 amide bonds. The highest BCUT2D eigenvalue weighted by Gasteiger charge is 2.51. The number of carbonyl (C=O) groups is 2. The molecule has 0 radical (unpaired) electrons. The standard InChI is InChI=1S/C21H28N2O3/c24-18-8-10-23(11-9-18)14-22-20-17-7-6-16(12-17)19(20)21(25)26-13-15-4-2-1-3-5-15/h1-5,16-17,19-20,22H,6-14H2/t16-,17-,19-,20-/m0/s1. The minimum Gasteiger partial charge on any atom is -0.461 e. The zero-order valence-electron chi connectivity index (χ0n) is 15.2. The Hall–Kier alpha value is -1.72. The van der Waals surface area contributed by atoms with Crippen LogP contribution in [0.1, 0.15) is 37.7 Å². The van der Waals surface area contributed by atoms with Crippen molar-refractivity contribution in [3.05, 3.63) is 35.9 Å². The van der Waals surface area contributed by atoms with Gasteiger partial charge in [-0.1, -0.05) is 30.3 Å². The fourth-order valence-electron chi connectivity index (χ4n) is 4.94. The SMILES string of the molecule is O=C1CCN(CN[C@H]2[C@H]3CC[C@@H](C3)[C@@H]2C(=O)OCc2ccccc2)CC1. The fourth-order valence-corrected chi connectivity index (χ4v) is 4.94. The van der Waals surface area contributed by atoms with E-state index in [4.69, 9.17) is 4.74 Å². The summed E-state index contributed by atoms with van der Waals surface area (Å²) in [6.07, 6.45) is 4.80. The highest BCUT2D eigenvalue weighted by Crippen LogP contribution is 2.49. The molecule has 4 atom stereocenters. The maximum atomic E-state index is 12.8. The third kappa shape index (κ3) is 3.84. The van der Waals surface area contributed by atoms with E-state index < -0.39 is 0 Å². The Labute approximate surface area is 155 Å². The van der Waals surface area contributed by atoms with Gasteiger partial charge in [0.25, 0.3) is 0 Å². The Morgan fingerprint density at radius 2 is 1.85 bits per heavy atom.